The van der Waals surface area contributed by atoms with Gasteiger partial charge in [-0.05, 0) is 68.3 Å². The number of benzene rings is 3. The van der Waals surface area contributed by atoms with Crippen molar-refractivity contribution in [3.63, 3.8) is 0 Å². The third kappa shape index (κ3) is 6.29. The Hall–Kier alpha value is -3.75. The number of methoxy groups -OCH3 is 1. The van der Waals surface area contributed by atoms with E-state index in [1.807, 2.05) is 38.1 Å². The monoisotopic (exact) mass is 569 g/mol. The van der Waals surface area contributed by atoms with E-state index in [1.54, 1.807) is 49.6 Å². The zero-order chi connectivity index (χ0) is 28.3. The first kappa shape index (κ1) is 28.3. The molecule has 0 saturated carbocycles. The molecule has 2 amide bonds. The van der Waals surface area contributed by atoms with Crippen molar-refractivity contribution in [2.24, 2.45) is 4.99 Å². The maximum absolute atomic E-state index is 13.8. The van der Waals surface area contributed by atoms with E-state index in [1.165, 1.54) is 11.8 Å². The van der Waals surface area contributed by atoms with Crippen LogP contribution in [0.3, 0.4) is 0 Å². The molecule has 1 aliphatic heterocycles. The number of carboxylic acid groups (broad SMARTS) is 1. The first-order valence-corrected chi connectivity index (χ1v) is 13.1. The van der Waals surface area contributed by atoms with Gasteiger partial charge in [-0.2, -0.15) is 0 Å². The van der Waals surface area contributed by atoms with E-state index < -0.39 is 30.1 Å². The van der Waals surface area contributed by atoms with Crippen LogP contribution in [0.4, 0.5) is 4.79 Å². The van der Waals surface area contributed by atoms with Crippen molar-refractivity contribution >= 4 is 41.0 Å². The molecular formula is C29H29Cl2N3O5. The fraction of sp³-hybridized carbons (Fsp3) is 0.276. The lowest BCUT2D eigenvalue weighted by molar-refractivity contribution is -0.138. The number of ether oxygens (including phenoxy) is 2. The maximum Gasteiger partial charge on any atom is 0.325 e. The second-order valence-electron chi connectivity index (χ2n) is 9.35. The number of hydrogen-bond donors (Lipinski definition) is 2. The maximum atomic E-state index is 13.8. The molecule has 0 aromatic heterocycles. The highest BCUT2D eigenvalue weighted by Crippen LogP contribution is 2.45. The highest BCUT2D eigenvalue weighted by molar-refractivity contribution is 6.30. The summed E-state index contributed by atoms with van der Waals surface area (Å²) in [5.41, 5.74) is 2.13. The Bertz CT molecular complexity index is 1380. The van der Waals surface area contributed by atoms with Gasteiger partial charge in [0.1, 0.15) is 29.4 Å². The lowest BCUT2D eigenvalue weighted by atomic mass is 9.94. The lowest BCUT2D eigenvalue weighted by Gasteiger charge is -2.31. The Kier molecular flexibility index (Phi) is 8.67. The first-order valence-electron chi connectivity index (χ1n) is 12.4. The molecule has 0 bridgehead atoms. The standard InChI is InChI=1S/C29H29Cl2N3O5/c1-16(2)39-24-15-22(38-4)13-14-23(24)27-33-25(18-5-9-20(30)10-6-18)26(19-7-11-21(31)12-8-19)34(27)29(37)32-17(3)28(35)36/h5-17,25-26H,1-4H3,(H,32,37)(H,35,36)/t17-,25+,26-/m0/s1. The van der Waals surface area contributed by atoms with E-state index in [-0.39, 0.29) is 6.10 Å². The second kappa shape index (κ2) is 12.0. The van der Waals surface area contributed by atoms with Gasteiger partial charge < -0.3 is 19.9 Å². The SMILES string of the molecule is COc1ccc(C2=N[C@H](c3ccc(Cl)cc3)[C@H](c3ccc(Cl)cc3)N2C(=O)N[C@@H](C)C(=O)O)c(OC(C)C)c1. The Balaban J connectivity index is 1.94. The van der Waals surface area contributed by atoms with Gasteiger partial charge in [0.05, 0.1) is 24.8 Å². The predicted molar refractivity (Wildman–Crippen MR) is 151 cm³/mol. The largest absolute Gasteiger partial charge is 0.497 e. The third-order valence-electron chi connectivity index (χ3n) is 6.21. The minimum atomic E-state index is -1.16. The molecule has 3 atom stereocenters. The van der Waals surface area contributed by atoms with E-state index in [0.29, 0.717) is 32.9 Å². The fourth-order valence-electron chi connectivity index (χ4n) is 4.35. The number of carbonyl (C=O) groups excluding carboxylic acids is 1. The molecule has 3 aromatic rings. The molecule has 204 valence electrons. The molecule has 0 saturated heterocycles. The van der Waals surface area contributed by atoms with Crippen LogP contribution in [0.15, 0.2) is 71.7 Å². The van der Waals surface area contributed by atoms with E-state index in [0.717, 1.165) is 11.1 Å². The Morgan fingerprint density at radius 1 is 0.949 bits per heavy atom. The topological polar surface area (TPSA) is 100 Å². The Labute approximate surface area is 237 Å². The number of hydrogen-bond acceptors (Lipinski definition) is 5. The van der Waals surface area contributed by atoms with Crippen molar-refractivity contribution in [1.29, 1.82) is 0 Å². The third-order valence-corrected chi connectivity index (χ3v) is 6.72. The van der Waals surface area contributed by atoms with Crippen molar-refractivity contribution in [1.82, 2.24) is 10.2 Å². The van der Waals surface area contributed by atoms with Crippen LogP contribution in [0, 0.1) is 0 Å². The van der Waals surface area contributed by atoms with E-state index in [2.05, 4.69) is 5.32 Å². The van der Waals surface area contributed by atoms with E-state index in [4.69, 9.17) is 37.7 Å². The van der Waals surface area contributed by atoms with Gasteiger partial charge in [-0.3, -0.25) is 14.7 Å². The Morgan fingerprint density at radius 3 is 2.08 bits per heavy atom. The van der Waals surface area contributed by atoms with Gasteiger partial charge in [-0.15, -0.1) is 0 Å². The first-order chi connectivity index (χ1) is 18.6. The Morgan fingerprint density at radius 2 is 1.54 bits per heavy atom. The fourth-order valence-corrected chi connectivity index (χ4v) is 4.60. The minimum absolute atomic E-state index is 0.175. The summed E-state index contributed by atoms with van der Waals surface area (Å²) in [4.78, 5) is 32.0. The van der Waals surface area contributed by atoms with Crippen LogP contribution in [0.1, 0.15) is 49.5 Å². The zero-order valence-corrected chi connectivity index (χ0v) is 23.4. The molecular weight excluding hydrogens is 541 g/mol. The zero-order valence-electron chi connectivity index (χ0n) is 21.9. The number of nitrogens with one attached hydrogen (secondary N) is 1. The van der Waals surface area contributed by atoms with Crippen molar-refractivity contribution in [3.8, 4) is 11.5 Å². The van der Waals surface area contributed by atoms with Gasteiger partial charge >= 0.3 is 12.0 Å². The van der Waals surface area contributed by atoms with Crippen molar-refractivity contribution < 1.29 is 24.2 Å². The average Bonchev–Trinajstić information content (AvgIpc) is 3.29. The molecule has 4 rings (SSSR count). The summed E-state index contributed by atoms with van der Waals surface area (Å²) in [5.74, 6) is 0.209. The normalized spacial score (nSPS) is 17.5. The molecule has 0 radical (unpaired) electrons. The number of carboxylic acids is 1. The molecule has 3 aromatic carbocycles. The summed E-state index contributed by atoms with van der Waals surface area (Å²) in [6, 6.07) is 16.7. The van der Waals surface area contributed by atoms with E-state index in [9.17, 15) is 14.7 Å². The molecule has 0 fully saturated rings. The summed E-state index contributed by atoms with van der Waals surface area (Å²) < 4.78 is 11.5. The highest BCUT2D eigenvalue weighted by atomic mass is 35.5. The van der Waals surface area contributed by atoms with Gasteiger partial charge in [-0.1, -0.05) is 47.5 Å². The van der Waals surface area contributed by atoms with Gasteiger partial charge in [0, 0.05) is 16.1 Å². The molecule has 8 nitrogen and oxygen atoms in total. The number of urea groups is 1. The molecule has 39 heavy (non-hydrogen) atoms. The smallest absolute Gasteiger partial charge is 0.325 e. The molecule has 1 heterocycles. The number of nitrogens with zero attached hydrogens (tertiary/aromatic N) is 2. The van der Waals surface area contributed by atoms with Crippen LogP contribution < -0.4 is 14.8 Å². The molecule has 0 spiro atoms. The summed E-state index contributed by atoms with van der Waals surface area (Å²) >= 11 is 12.4. The van der Waals surface area contributed by atoms with Crippen LogP contribution in [0.2, 0.25) is 10.0 Å². The van der Waals surface area contributed by atoms with Gasteiger partial charge in [0.25, 0.3) is 0 Å². The number of halogens is 2. The lowest BCUT2D eigenvalue weighted by Crippen LogP contribution is -2.49. The van der Waals surface area contributed by atoms with Crippen molar-refractivity contribution in [2.45, 2.75) is 45.0 Å². The quantitative estimate of drug-likeness (QED) is 0.321. The van der Waals surface area contributed by atoms with Crippen molar-refractivity contribution in [2.75, 3.05) is 7.11 Å². The predicted octanol–water partition coefficient (Wildman–Crippen LogP) is 6.52. The molecule has 2 N–H and O–H groups in total. The molecule has 1 aliphatic rings. The van der Waals surface area contributed by atoms with E-state index >= 15 is 0 Å². The molecule has 10 heteroatoms. The summed E-state index contributed by atoms with van der Waals surface area (Å²) in [5, 5.41) is 13.2. The highest BCUT2D eigenvalue weighted by Gasteiger charge is 2.43. The number of aliphatic imine (C=N–C) groups is 1. The number of rotatable bonds is 8. The number of carbonyl (C=O) groups is 2. The summed E-state index contributed by atoms with van der Waals surface area (Å²) in [7, 11) is 1.56. The summed E-state index contributed by atoms with van der Waals surface area (Å²) in [6.45, 7) is 5.19. The number of aliphatic carboxylic acids is 1. The van der Waals surface area contributed by atoms with Crippen LogP contribution in [-0.2, 0) is 4.79 Å². The molecule has 0 aliphatic carbocycles. The summed E-state index contributed by atoms with van der Waals surface area (Å²) in [6.07, 6.45) is -0.175. The van der Waals surface area contributed by atoms with Crippen LogP contribution in [0.5, 0.6) is 11.5 Å². The second-order valence-corrected chi connectivity index (χ2v) is 10.2. The molecule has 0 unspecified atom stereocenters. The minimum Gasteiger partial charge on any atom is -0.497 e. The van der Waals surface area contributed by atoms with Gasteiger partial charge in [-0.25, -0.2) is 4.79 Å². The van der Waals surface area contributed by atoms with Gasteiger partial charge in [0.15, 0.2) is 0 Å². The van der Waals surface area contributed by atoms with Crippen molar-refractivity contribution in [3.05, 3.63) is 93.5 Å². The number of amidine groups is 1. The van der Waals surface area contributed by atoms with Crippen LogP contribution in [0.25, 0.3) is 0 Å². The number of amides is 2. The van der Waals surface area contributed by atoms with Gasteiger partial charge in [0.2, 0.25) is 0 Å². The average molecular weight is 570 g/mol. The van der Waals surface area contributed by atoms with Crippen LogP contribution >= 0.6 is 23.2 Å². The van der Waals surface area contributed by atoms with Crippen LogP contribution in [-0.4, -0.2) is 47.1 Å².